The molecule has 1 aromatic rings. The van der Waals surface area contributed by atoms with Crippen LogP contribution in [0.4, 0.5) is 5.69 Å². The Balaban J connectivity index is 0.00000110. The van der Waals surface area contributed by atoms with Gasteiger partial charge in [-0.25, -0.2) is 0 Å². The summed E-state index contributed by atoms with van der Waals surface area (Å²) in [6.07, 6.45) is 1.44. The SMILES string of the molecule is CN=Cc1cc([N+](=O)[O-])cc([Si](C)(C)C)c1O.[Cl][Zr][Cl]. The first-order valence-electron chi connectivity index (χ1n) is 5.59. The number of benzene rings is 1. The van der Waals surface area contributed by atoms with Crippen LogP contribution in [0.5, 0.6) is 5.75 Å². The Morgan fingerprint density at radius 1 is 1.40 bits per heavy atom. The van der Waals surface area contributed by atoms with Gasteiger partial charge in [0.15, 0.2) is 0 Å². The topological polar surface area (TPSA) is 75.7 Å². The van der Waals surface area contributed by atoms with Crippen LogP contribution in [0.1, 0.15) is 5.56 Å². The molecule has 0 aliphatic rings. The van der Waals surface area contributed by atoms with Crippen LogP contribution >= 0.6 is 17.0 Å². The van der Waals surface area contributed by atoms with Crippen molar-refractivity contribution in [3.05, 3.63) is 27.8 Å². The Kier molecular flexibility index (Phi) is 8.82. The second kappa shape index (κ2) is 8.93. The first-order chi connectivity index (χ1) is 9.18. The number of hydrogen-bond acceptors (Lipinski definition) is 4. The van der Waals surface area contributed by atoms with Gasteiger partial charge in [0.05, 0.1) is 13.0 Å². The molecule has 20 heavy (non-hydrogen) atoms. The number of phenols is 1. The van der Waals surface area contributed by atoms with Gasteiger partial charge in [-0.05, 0) is 5.19 Å². The zero-order valence-corrected chi connectivity index (χ0v) is 16.6. The first kappa shape index (κ1) is 19.8. The molecule has 1 rings (SSSR count). The van der Waals surface area contributed by atoms with E-state index in [4.69, 9.17) is 17.0 Å². The van der Waals surface area contributed by atoms with E-state index >= 15 is 0 Å². The van der Waals surface area contributed by atoms with Crippen molar-refractivity contribution < 1.29 is 30.9 Å². The second-order valence-corrected chi connectivity index (χ2v) is 13.7. The maximum atomic E-state index is 10.8. The van der Waals surface area contributed by atoms with Gasteiger partial charge < -0.3 is 5.11 Å². The van der Waals surface area contributed by atoms with Crippen molar-refractivity contribution in [2.24, 2.45) is 4.99 Å². The third-order valence-electron chi connectivity index (χ3n) is 2.41. The van der Waals surface area contributed by atoms with Gasteiger partial charge >= 0.3 is 37.9 Å². The summed E-state index contributed by atoms with van der Waals surface area (Å²) >= 11 is -0.826. The third kappa shape index (κ3) is 6.04. The summed E-state index contributed by atoms with van der Waals surface area (Å²) in [6, 6.07) is 2.81. The molecule has 0 atom stereocenters. The van der Waals surface area contributed by atoms with Crippen molar-refractivity contribution in [3.63, 3.8) is 0 Å². The molecule has 110 valence electrons. The van der Waals surface area contributed by atoms with Gasteiger partial charge in [-0.3, -0.25) is 15.1 Å². The predicted octanol–water partition coefficient (Wildman–Crippen LogP) is 3.27. The molecule has 0 spiro atoms. The van der Waals surface area contributed by atoms with Crippen LogP contribution in [0, 0.1) is 10.1 Å². The van der Waals surface area contributed by atoms with E-state index in [1.165, 1.54) is 18.3 Å². The van der Waals surface area contributed by atoms with E-state index in [1.54, 1.807) is 7.05 Å². The molecular formula is C11H16Cl2N2O3SiZr. The molecule has 0 aliphatic heterocycles. The van der Waals surface area contributed by atoms with Gasteiger partial charge in [0, 0.05) is 31.0 Å². The summed E-state index contributed by atoms with van der Waals surface area (Å²) in [6.45, 7) is 6.08. The molecule has 0 aliphatic carbocycles. The van der Waals surface area contributed by atoms with Gasteiger partial charge in [0.1, 0.15) is 5.75 Å². The molecule has 0 bridgehead atoms. The fraction of sp³-hybridized carbons (Fsp3) is 0.364. The Morgan fingerprint density at radius 2 is 1.90 bits per heavy atom. The van der Waals surface area contributed by atoms with Crippen molar-refractivity contribution >= 4 is 42.2 Å². The summed E-state index contributed by atoms with van der Waals surface area (Å²) in [5.74, 6) is 0.111. The monoisotopic (exact) mass is 412 g/mol. The second-order valence-electron chi connectivity index (χ2n) is 4.90. The number of nitrogens with zero attached hydrogens (tertiary/aromatic N) is 2. The Bertz CT molecular complexity index is 507. The van der Waals surface area contributed by atoms with Gasteiger partial charge in [-0.2, -0.15) is 0 Å². The van der Waals surface area contributed by atoms with Crippen molar-refractivity contribution in [2.45, 2.75) is 19.6 Å². The van der Waals surface area contributed by atoms with Crippen molar-refractivity contribution in [1.82, 2.24) is 0 Å². The standard InChI is InChI=1S/C11H16N2O3Si.2ClH.Zr/c1-12-7-8-5-9(13(15)16)6-10(11(8)14)17(2,3)4;;;/h5-7,14H,1-4H3;2*1H;/q;;;+2/p-2. The minimum absolute atomic E-state index is 0.00451. The van der Waals surface area contributed by atoms with Gasteiger partial charge in [-0.15, -0.1) is 0 Å². The van der Waals surface area contributed by atoms with Crippen LogP contribution in [-0.2, 0) is 20.8 Å². The first-order valence-corrected chi connectivity index (χ1v) is 15.4. The van der Waals surface area contributed by atoms with Crippen LogP contribution in [0.25, 0.3) is 0 Å². The quantitative estimate of drug-likeness (QED) is 0.357. The summed E-state index contributed by atoms with van der Waals surface area (Å²) in [5, 5.41) is 21.6. The predicted molar refractivity (Wildman–Crippen MR) is 83.0 cm³/mol. The number of aliphatic imine (C=N–C) groups is 1. The summed E-state index contributed by atoms with van der Waals surface area (Å²) in [5.41, 5.74) is 0.397. The Labute approximate surface area is 137 Å². The van der Waals surface area contributed by atoms with E-state index in [2.05, 4.69) is 4.99 Å². The molecule has 0 saturated heterocycles. The number of halogens is 2. The van der Waals surface area contributed by atoms with Crippen molar-refractivity contribution in [2.75, 3.05) is 7.05 Å². The third-order valence-corrected chi connectivity index (χ3v) is 4.41. The van der Waals surface area contributed by atoms with Gasteiger partial charge in [-0.1, -0.05) is 19.6 Å². The van der Waals surface area contributed by atoms with E-state index in [1.807, 2.05) is 19.6 Å². The molecule has 1 aromatic carbocycles. The number of phenolic OH excluding ortho intramolecular Hbond substituents is 1. The molecule has 0 fully saturated rings. The molecule has 0 radical (unpaired) electrons. The summed E-state index contributed by atoms with van der Waals surface area (Å²) < 4.78 is 0. The normalized spacial score (nSPS) is 10.9. The molecule has 0 saturated carbocycles. The van der Waals surface area contributed by atoms with E-state index in [9.17, 15) is 15.2 Å². The van der Waals surface area contributed by atoms with E-state index in [0.29, 0.717) is 10.8 Å². The number of rotatable bonds is 3. The molecule has 1 N–H and O–H groups in total. The molecular weight excluding hydrogens is 398 g/mol. The van der Waals surface area contributed by atoms with Crippen LogP contribution in [0.2, 0.25) is 19.6 Å². The van der Waals surface area contributed by atoms with Crippen LogP contribution in [0.3, 0.4) is 0 Å². The maximum absolute atomic E-state index is 10.8. The van der Waals surface area contributed by atoms with E-state index < -0.39 is 33.8 Å². The average Bonchev–Trinajstić information content (AvgIpc) is 2.31. The number of aromatic hydroxyl groups is 1. The van der Waals surface area contributed by atoms with Gasteiger partial charge in [0.25, 0.3) is 5.69 Å². The van der Waals surface area contributed by atoms with Crippen molar-refractivity contribution in [1.29, 1.82) is 0 Å². The van der Waals surface area contributed by atoms with Crippen LogP contribution in [0.15, 0.2) is 17.1 Å². The molecule has 5 nitrogen and oxygen atoms in total. The molecule has 0 aromatic heterocycles. The summed E-state index contributed by atoms with van der Waals surface area (Å²) in [4.78, 5) is 14.2. The van der Waals surface area contributed by atoms with Crippen molar-refractivity contribution in [3.8, 4) is 5.75 Å². The molecule has 0 unspecified atom stereocenters. The fourth-order valence-corrected chi connectivity index (χ4v) is 2.99. The fourth-order valence-electron chi connectivity index (χ4n) is 1.56. The number of nitro groups is 1. The van der Waals surface area contributed by atoms with Crippen LogP contribution < -0.4 is 5.19 Å². The Morgan fingerprint density at radius 3 is 2.25 bits per heavy atom. The molecule has 9 heteroatoms. The van der Waals surface area contributed by atoms with E-state index in [0.717, 1.165) is 0 Å². The van der Waals surface area contributed by atoms with E-state index in [-0.39, 0.29) is 11.4 Å². The van der Waals surface area contributed by atoms with Gasteiger partial charge in [0.2, 0.25) is 0 Å². The average molecular weight is 414 g/mol. The zero-order chi connectivity index (χ0) is 15.9. The zero-order valence-electron chi connectivity index (χ0n) is 11.6. The number of hydrogen-bond donors (Lipinski definition) is 1. The number of nitro benzene ring substituents is 1. The van der Waals surface area contributed by atoms with Crippen LogP contribution in [-0.4, -0.2) is 31.4 Å². The molecule has 0 amide bonds. The Hall–Kier alpha value is -0.230. The summed E-state index contributed by atoms with van der Waals surface area (Å²) in [7, 11) is 9.60. The minimum atomic E-state index is -1.83. The molecule has 0 heterocycles. The number of non-ortho nitro benzene ring substituents is 1.